The lowest BCUT2D eigenvalue weighted by Gasteiger charge is -2.28. The van der Waals surface area contributed by atoms with E-state index in [9.17, 15) is 4.79 Å². The lowest BCUT2D eigenvalue weighted by Crippen LogP contribution is -2.37. The molecular formula is C22H29N3O2. The van der Waals surface area contributed by atoms with Crippen LogP contribution in [-0.4, -0.2) is 44.7 Å². The lowest BCUT2D eigenvalue weighted by molar-refractivity contribution is 0.134. The van der Waals surface area contributed by atoms with Crippen molar-refractivity contribution in [3.05, 3.63) is 65.7 Å². The van der Waals surface area contributed by atoms with E-state index in [-0.39, 0.29) is 12.1 Å². The molecular weight excluding hydrogens is 338 g/mol. The fourth-order valence-electron chi connectivity index (χ4n) is 3.46. The van der Waals surface area contributed by atoms with E-state index >= 15 is 0 Å². The van der Waals surface area contributed by atoms with Gasteiger partial charge in [0.05, 0.1) is 6.04 Å². The Hall–Kier alpha value is -2.53. The monoisotopic (exact) mass is 367 g/mol. The van der Waals surface area contributed by atoms with Crippen molar-refractivity contribution in [1.29, 1.82) is 0 Å². The molecule has 1 aliphatic heterocycles. The molecule has 144 valence electrons. The summed E-state index contributed by atoms with van der Waals surface area (Å²) in [7, 11) is 4.08. The van der Waals surface area contributed by atoms with Gasteiger partial charge in [-0.1, -0.05) is 42.5 Å². The second-order valence-electron chi connectivity index (χ2n) is 7.19. The number of amides is 1. The van der Waals surface area contributed by atoms with Crippen molar-refractivity contribution in [2.45, 2.75) is 25.5 Å². The third-order valence-corrected chi connectivity index (χ3v) is 5.03. The molecule has 1 saturated heterocycles. The molecule has 27 heavy (non-hydrogen) atoms. The van der Waals surface area contributed by atoms with Crippen molar-refractivity contribution < 1.29 is 9.53 Å². The Morgan fingerprint density at radius 1 is 1.07 bits per heavy atom. The quantitative estimate of drug-likeness (QED) is 0.808. The summed E-state index contributed by atoms with van der Waals surface area (Å²) in [5.74, 6) is 0. The Morgan fingerprint density at radius 3 is 2.37 bits per heavy atom. The van der Waals surface area contributed by atoms with Crippen LogP contribution in [-0.2, 0) is 11.3 Å². The van der Waals surface area contributed by atoms with Gasteiger partial charge in [-0.3, -0.25) is 4.90 Å². The van der Waals surface area contributed by atoms with E-state index in [0.29, 0.717) is 13.2 Å². The summed E-state index contributed by atoms with van der Waals surface area (Å²) in [4.78, 5) is 16.7. The molecule has 1 atom stereocenters. The van der Waals surface area contributed by atoms with E-state index in [1.165, 1.54) is 24.1 Å². The van der Waals surface area contributed by atoms with E-state index in [4.69, 9.17) is 4.74 Å². The Labute approximate surface area is 161 Å². The van der Waals surface area contributed by atoms with Crippen molar-refractivity contribution in [2.75, 3.05) is 38.6 Å². The maximum Gasteiger partial charge on any atom is 0.407 e. The van der Waals surface area contributed by atoms with Gasteiger partial charge >= 0.3 is 6.09 Å². The topological polar surface area (TPSA) is 44.8 Å². The van der Waals surface area contributed by atoms with Crippen molar-refractivity contribution in [3.63, 3.8) is 0 Å². The number of hydrogen-bond acceptors (Lipinski definition) is 4. The second kappa shape index (κ2) is 9.42. The van der Waals surface area contributed by atoms with Crippen molar-refractivity contribution in [1.82, 2.24) is 10.2 Å². The summed E-state index contributed by atoms with van der Waals surface area (Å²) >= 11 is 0. The number of carbonyl (C=O) groups excluding carboxylic acids is 1. The number of ether oxygens (including phenoxy) is 1. The van der Waals surface area contributed by atoms with E-state index in [1.54, 1.807) is 0 Å². The summed E-state index contributed by atoms with van der Waals surface area (Å²) < 4.78 is 5.35. The van der Waals surface area contributed by atoms with E-state index in [1.807, 2.05) is 44.4 Å². The van der Waals surface area contributed by atoms with E-state index < -0.39 is 0 Å². The molecule has 0 aliphatic carbocycles. The van der Waals surface area contributed by atoms with Gasteiger partial charge in [0.15, 0.2) is 0 Å². The molecule has 1 amide bonds. The number of carbonyl (C=O) groups is 1. The smallest absolute Gasteiger partial charge is 0.407 e. The second-order valence-corrected chi connectivity index (χ2v) is 7.19. The van der Waals surface area contributed by atoms with Gasteiger partial charge in [0.25, 0.3) is 0 Å². The van der Waals surface area contributed by atoms with Crippen LogP contribution in [0.5, 0.6) is 0 Å². The molecule has 5 heteroatoms. The molecule has 0 aromatic heterocycles. The number of alkyl carbamates (subject to hydrolysis) is 1. The number of nitrogens with one attached hydrogen (secondary N) is 1. The standard InChI is InChI=1S/C22H29N3O2/c1-24(2)20-12-10-19(11-13-20)21(25-14-6-7-15-25)16-23-22(26)27-17-18-8-4-3-5-9-18/h3-5,8-13,21H,6-7,14-17H2,1-2H3,(H,23,26). The molecule has 2 aromatic rings. The van der Waals surface area contributed by atoms with Gasteiger partial charge in [0, 0.05) is 26.3 Å². The molecule has 1 heterocycles. The highest BCUT2D eigenvalue weighted by atomic mass is 16.5. The Balaban J connectivity index is 1.59. The Morgan fingerprint density at radius 2 is 1.74 bits per heavy atom. The molecule has 3 rings (SSSR count). The van der Waals surface area contributed by atoms with E-state index in [2.05, 4.69) is 39.4 Å². The molecule has 0 radical (unpaired) electrons. The van der Waals surface area contributed by atoms with Gasteiger partial charge in [0.1, 0.15) is 6.61 Å². The van der Waals surface area contributed by atoms with Crippen LogP contribution in [0.25, 0.3) is 0 Å². The van der Waals surface area contributed by atoms with Crippen LogP contribution in [0.3, 0.4) is 0 Å². The van der Waals surface area contributed by atoms with Crippen LogP contribution in [0.4, 0.5) is 10.5 Å². The first-order valence-corrected chi connectivity index (χ1v) is 9.59. The summed E-state index contributed by atoms with van der Waals surface area (Å²) in [5.41, 5.74) is 3.39. The van der Waals surface area contributed by atoms with Gasteiger partial charge in [-0.2, -0.15) is 0 Å². The average Bonchev–Trinajstić information content (AvgIpc) is 3.22. The number of likely N-dealkylation sites (tertiary alicyclic amines) is 1. The lowest BCUT2D eigenvalue weighted by atomic mass is 10.0. The van der Waals surface area contributed by atoms with Gasteiger partial charge in [-0.05, 0) is 49.2 Å². The molecule has 2 aromatic carbocycles. The summed E-state index contributed by atoms with van der Waals surface area (Å²) in [6.45, 7) is 2.98. The van der Waals surface area contributed by atoms with Crippen molar-refractivity contribution >= 4 is 11.8 Å². The highest BCUT2D eigenvalue weighted by Gasteiger charge is 2.24. The molecule has 1 unspecified atom stereocenters. The average molecular weight is 367 g/mol. The molecule has 0 saturated carbocycles. The van der Waals surface area contributed by atoms with E-state index in [0.717, 1.165) is 18.7 Å². The first-order valence-electron chi connectivity index (χ1n) is 9.59. The maximum absolute atomic E-state index is 12.2. The fraction of sp³-hybridized carbons (Fsp3) is 0.409. The molecule has 1 N–H and O–H groups in total. The summed E-state index contributed by atoms with van der Waals surface area (Å²) in [5, 5.41) is 2.95. The van der Waals surface area contributed by atoms with Gasteiger partial charge < -0.3 is 15.0 Å². The molecule has 5 nitrogen and oxygen atoms in total. The third kappa shape index (κ3) is 5.47. The Bertz CT molecular complexity index is 710. The van der Waals surface area contributed by atoms with Gasteiger partial charge in [0.2, 0.25) is 0 Å². The van der Waals surface area contributed by atoms with Gasteiger partial charge in [-0.15, -0.1) is 0 Å². The number of anilines is 1. The normalized spacial score (nSPS) is 15.3. The maximum atomic E-state index is 12.2. The van der Waals surface area contributed by atoms with Crippen molar-refractivity contribution in [3.8, 4) is 0 Å². The first-order chi connectivity index (χ1) is 13.1. The Kier molecular flexibility index (Phi) is 6.71. The number of rotatable bonds is 7. The first kappa shape index (κ1) is 19.2. The zero-order valence-corrected chi connectivity index (χ0v) is 16.2. The SMILES string of the molecule is CN(C)c1ccc(C(CNC(=O)OCc2ccccc2)N2CCCC2)cc1. The highest BCUT2D eigenvalue weighted by Crippen LogP contribution is 2.26. The third-order valence-electron chi connectivity index (χ3n) is 5.03. The van der Waals surface area contributed by atoms with Crippen LogP contribution in [0.15, 0.2) is 54.6 Å². The van der Waals surface area contributed by atoms with Crippen LogP contribution >= 0.6 is 0 Å². The zero-order valence-electron chi connectivity index (χ0n) is 16.2. The minimum atomic E-state index is -0.368. The van der Waals surface area contributed by atoms with Crippen molar-refractivity contribution in [2.24, 2.45) is 0 Å². The number of benzene rings is 2. The molecule has 1 aliphatic rings. The summed E-state index contributed by atoms with van der Waals surface area (Å²) in [6, 6.07) is 18.5. The zero-order chi connectivity index (χ0) is 19.1. The predicted octanol–water partition coefficient (Wildman–Crippen LogP) is 3.82. The fourth-order valence-corrected chi connectivity index (χ4v) is 3.46. The minimum absolute atomic E-state index is 0.174. The van der Waals surface area contributed by atoms with Gasteiger partial charge in [-0.25, -0.2) is 4.79 Å². The predicted molar refractivity (Wildman–Crippen MR) is 109 cm³/mol. The van der Waals surface area contributed by atoms with Crippen LogP contribution in [0, 0.1) is 0 Å². The number of hydrogen-bond donors (Lipinski definition) is 1. The molecule has 1 fully saturated rings. The van der Waals surface area contributed by atoms with Crippen LogP contribution in [0.1, 0.15) is 30.0 Å². The van der Waals surface area contributed by atoms with Crippen LogP contribution in [0.2, 0.25) is 0 Å². The minimum Gasteiger partial charge on any atom is -0.445 e. The molecule has 0 spiro atoms. The number of nitrogens with zero attached hydrogens (tertiary/aromatic N) is 2. The molecule has 0 bridgehead atoms. The van der Waals surface area contributed by atoms with Crippen LogP contribution < -0.4 is 10.2 Å². The highest BCUT2D eigenvalue weighted by molar-refractivity contribution is 5.67. The largest absolute Gasteiger partial charge is 0.445 e. The summed E-state index contributed by atoms with van der Waals surface area (Å²) in [6.07, 6.45) is 2.06.